The Balaban J connectivity index is 1.64. The number of carbonyl (C=O) groups excluding carboxylic acids is 2. The van der Waals surface area contributed by atoms with Gasteiger partial charge in [0.25, 0.3) is 0 Å². The number of ether oxygens (including phenoxy) is 1. The van der Waals surface area contributed by atoms with Crippen molar-refractivity contribution in [2.24, 2.45) is 13.0 Å². The number of amides is 2. The highest BCUT2D eigenvalue weighted by Crippen LogP contribution is 2.34. The maximum atomic E-state index is 12.7. The topological polar surface area (TPSA) is 76.5 Å². The zero-order chi connectivity index (χ0) is 16.6. The molecule has 126 valence electrons. The summed E-state index contributed by atoms with van der Waals surface area (Å²) in [5.74, 6) is -0.151. The Morgan fingerprint density at radius 2 is 2.26 bits per heavy atom. The molecule has 2 saturated heterocycles. The Morgan fingerprint density at radius 1 is 1.48 bits per heavy atom. The van der Waals surface area contributed by atoms with Crippen LogP contribution in [0.1, 0.15) is 38.5 Å². The third-order valence-corrected chi connectivity index (χ3v) is 4.71. The van der Waals surface area contributed by atoms with Crippen LogP contribution in [0, 0.1) is 5.92 Å². The van der Waals surface area contributed by atoms with Crippen LogP contribution in [0.4, 0.5) is 0 Å². The van der Waals surface area contributed by atoms with Gasteiger partial charge in [0, 0.05) is 38.9 Å². The van der Waals surface area contributed by atoms with E-state index in [1.165, 1.54) is 0 Å². The van der Waals surface area contributed by atoms with Gasteiger partial charge in [-0.1, -0.05) is 0 Å². The number of likely N-dealkylation sites (tertiary alicyclic amines) is 1. The summed E-state index contributed by atoms with van der Waals surface area (Å²) in [5, 5.41) is 7.19. The normalized spacial score (nSPS) is 27.9. The third-order valence-electron chi connectivity index (χ3n) is 4.71. The summed E-state index contributed by atoms with van der Waals surface area (Å²) in [4.78, 5) is 26.4. The monoisotopic (exact) mass is 320 g/mol. The van der Waals surface area contributed by atoms with Gasteiger partial charge in [-0.25, -0.2) is 0 Å². The zero-order valence-corrected chi connectivity index (χ0v) is 13.9. The van der Waals surface area contributed by atoms with E-state index in [0.717, 1.165) is 5.69 Å². The van der Waals surface area contributed by atoms with Crippen LogP contribution in [-0.2, 0) is 21.4 Å². The predicted molar refractivity (Wildman–Crippen MR) is 83.4 cm³/mol. The molecule has 0 unspecified atom stereocenters. The fraction of sp³-hybridized carbons (Fsp3) is 0.688. The van der Waals surface area contributed by atoms with Crippen LogP contribution < -0.4 is 5.32 Å². The van der Waals surface area contributed by atoms with E-state index in [4.69, 9.17) is 4.74 Å². The largest absolute Gasteiger partial charge is 0.371 e. The van der Waals surface area contributed by atoms with Gasteiger partial charge in [-0.3, -0.25) is 14.3 Å². The molecule has 23 heavy (non-hydrogen) atoms. The first kappa shape index (κ1) is 16.0. The second-order valence-electron chi connectivity index (χ2n) is 6.62. The summed E-state index contributed by atoms with van der Waals surface area (Å²) in [6.07, 6.45) is 2.52. The van der Waals surface area contributed by atoms with Gasteiger partial charge in [0.2, 0.25) is 11.8 Å². The minimum absolute atomic E-state index is 0.0305. The number of carbonyl (C=O) groups is 2. The molecule has 1 N–H and O–H groups in total. The summed E-state index contributed by atoms with van der Waals surface area (Å²) < 4.78 is 7.50. The minimum Gasteiger partial charge on any atom is -0.371 e. The van der Waals surface area contributed by atoms with Crippen molar-refractivity contribution >= 4 is 11.8 Å². The molecule has 0 bridgehead atoms. The summed E-state index contributed by atoms with van der Waals surface area (Å²) in [7, 11) is 1.85. The Hall–Kier alpha value is -1.89. The van der Waals surface area contributed by atoms with Crippen molar-refractivity contribution < 1.29 is 14.3 Å². The molecular formula is C16H24N4O3. The van der Waals surface area contributed by atoms with Gasteiger partial charge in [-0.15, -0.1) is 0 Å². The molecule has 2 amide bonds. The van der Waals surface area contributed by atoms with Gasteiger partial charge in [-0.05, 0) is 26.3 Å². The van der Waals surface area contributed by atoms with Crippen LogP contribution in [0.5, 0.6) is 0 Å². The Bertz CT molecular complexity index is 598. The summed E-state index contributed by atoms with van der Waals surface area (Å²) >= 11 is 0. The van der Waals surface area contributed by atoms with Crippen molar-refractivity contribution in [3.63, 3.8) is 0 Å². The lowest BCUT2D eigenvalue weighted by molar-refractivity contribution is -0.129. The highest BCUT2D eigenvalue weighted by molar-refractivity contribution is 5.83. The molecule has 0 radical (unpaired) electrons. The van der Waals surface area contributed by atoms with Gasteiger partial charge in [-0.2, -0.15) is 5.10 Å². The van der Waals surface area contributed by atoms with Crippen LogP contribution in [0.2, 0.25) is 0 Å². The zero-order valence-electron chi connectivity index (χ0n) is 13.9. The fourth-order valence-electron chi connectivity index (χ4n) is 3.45. The van der Waals surface area contributed by atoms with Gasteiger partial charge < -0.3 is 15.0 Å². The number of nitrogens with zero attached hydrogens (tertiary/aromatic N) is 3. The lowest BCUT2D eigenvalue weighted by Crippen LogP contribution is -2.42. The SMILES string of the molecule is CC(C)N1C[C@H](NC(=O)[C@@H]2CCO[C@H]2c2ccnn2C)CC1=O. The molecule has 0 saturated carbocycles. The Labute approximate surface area is 136 Å². The van der Waals surface area contributed by atoms with Crippen LogP contribution in [0.3, 0.4) is 0 Å². The molecule has 2 fully saturated rings. The highest BCUT2D eigenvalue weighted by Gasteiger charge is 2.39. The number of rotatable bonds is 4. The number of aromatic nitrogens is 2. The quantitative estimate of drug-likeness (QED) is 0.882. The Kier molecular flexibility index (Phi) is 4.39. The minimum atomic E-state index is -0.263. The lowest BCUT2D eigenvalue weighted by Gasteiger charge is -2.23. The van der Waals surface area contributed by atoms with Crippen molar-refractivity contribution in [1.82, 2.24) is 20.0 Å². The highest BCUT2D eigenvalue weighted by atomic mass is 16.5. The number of aryl methyl sites for hydroxylation is 1. The number of hydrogen-bond acceptors (Lipinski definition) is 4. The number of nitrogens with one attached hydrogen (secondary N) is 1. The fourth-order valence-corrected chi connectivity index (χ4v) is 3.45. The van der Waals surface area contributed by atoms with Crippen molar-refractivity contribution in [3.05, 3.63) is 18.0 Å². The van der Waals surface area contributed by atoms with Crippen LogP contribution >= 0.6 is 0 Å². The maximum absolute atomic E-state index is 12.7. The van der Waals surface area contributed by atoms with Crippen molar-refractivity contribution in [2.45, 2.75) is 44.9 Å². The Morgan fingerprint density at radius 3 is 2.87 bits per heavy atom. The van der Waals surface area contributed by atoms with Crippen molar-refractivity contribution in [2.75, 3.05) is 13.2 Å². The van der Waals surface area contributed by atoms with E-state index in [-0.39, 0.29) is 35.9 Å². The number of hydrogen-bond donors (Lipinski definition) is 1. The van der Waals surface area contributed by atoms with E-state index in [1.807, 2.05) is 31.9 Å². The van der Waals surface area contributed by atoms with Gasteiger partial charge >= 0.3 is 0 Å². The molecule has 0 spiro atoms. The molecule has 2 aliphatic heterocycles. The van der Waals surface area contributed by atoms with Crippen molar-refractivity contribution in [1.29, 1.82) is 0 Å². The summed E-state index contributed by atoms with van der Waals surface area (Å²) in [6, 6.07) is 1.95. The second kappa shape index (κ2) is 6.31. The molecule has 3 atom stereocenters. The average molecular weight is 320 g/mol. The van der Waals surface area contributed by atoms with Crippen LogP contribution in [-0.4, -0.2) is 51.7 Å². The van der Waals surface area contributed by atoms with Gasteiger partial charge in [0.15, 0.2) is 0 Å². The standard InChI is InChI=1S/C16H24N4O3/c1-10(2)20-9-11(8-14(20)21)18-16(22)12-5-7-23-15(12)13-4-6-17-19(13)3/h4,6,10-12,15H,5,7-9H2,1-3H3,(H,18,22)/t11-,12-,15-/m1/s1. The molecule has 3 heterocycles. The smallest absolute Gasteiger partial charge is 0.226 e. The van der Waals surface area contributed by atoms with Gasteiger partial charge in [0.05, 0.1) is 17.7 Å². The third kappa shape index (κ3) is 3.10. The van der Waals surface area contributed by atoms with E-state index in [0.29, 0.717) is 26.0 Å². The van der Waals surface area contributed by atoms with Crippen molar-refractivity contribution in [3.8, 4) is 0 Å². The average Bonchev–Trinajstić information content (AvgIpc) is 3.17. The second-order valence-corrected chi connectivity index (χ2v) is 6.62. The molecule has 1 aromatic heterocycles. The van der Waals surface area contributed by atoms with E-state index in [9.17, 15) is 9.59 Å². The molecule has 3 rings (SSSR count). The first-order chi connectivity index (χ1) is 11.0. The predicted octanol–water partition coefficient (Wildman–Crippen LogP) is 0.623. The van der Waals surface area contributed by atoms with E-state index < -0.39 is 0 Å². The van der Waals surface area contributed by atoms with Gasteiger partial charge in [0.1, 0.15) is 6.10 Å². The van der Waals surface area contributed by atoms with E-state index in [2.05, 4.69) is 10.4 Å². The lowest BCUT2D eigenvalue weighted by atomic mass is 9.97. The molecular weight excluding hydrogens is 296 g/mol. The van der Waals surface area contributed by atoms with E-state index >= 15 is 0 Å². The summed E-state index contributed by atoms with van der Waals surface area (Å²) in [6.45, 7) is 5.14. The first-order valence-corrected chi connectivity index (χ1v) is 8.16. The first-order valence-electron chi connectivity index (χ1n) is 8.16. The molecule has 0 aromatic carbocycles. The molecule has 7 heteroatoms. The van der Waals surface area contributed by atoms with E-state index in [1.54, 1.807) is 10.9 Å². The van der Waals surface area contributed by atoms with Crippen LogP contribution in [0.25, 0.3) is 0 Å². The molecule has 1 aromatic rings. The van der Waals surface area contributed by atoms with Crippen LogP contribution in [0.15, 0.2) is 12.3 Å². The molecule has 7 nitrogen and oxygen atoms in total. The molecule has 2 aliphatic rings. The maximum Gasteiger partial charge on any atom is 0.226 e. The summed E-state index contributed by atoms with van der Waals surface area (Å²) in [5.41, 5.74) is 0.911. The molecule has 0 aliphatic carbocycles.